The second-order valence-corrected chi connectivity index (χ2v) is 4.84. The van der Waals surface area contributed by atoms with Gasteiger partial charge in [0, 0.05) is 24.9 Å². The quantitative estimate of drug-likeness (QED) is 0.831. The second-order valence-electron chi connectivity index (χ2n) is 4.84. The molecule has 2 aromatic heterocycles. The first kappa shape index (κ1) is 16.4. The molecule has 0 amide bonds. The minimum absolute atomic E-state index is 0.0647. The van der Waals surface area contributed by atoms with Crippen LogP contribution in [0.5, 0.6) is 0 Å². The maximum Gasteiger partial charge on any atom is 0.435 e. The molecular weight excluding hydrogens is 301 g/mol. The minimum atomic E-state index is -4.52. The average molecular weight is 318 g/mol. The van der Waals surface area contributed by atoms with E-state index in [2.05, 4.69) is 20.6 Å². The molecule has 7 nitrogen and oxygen atoms in total. The van der Waals surface area contributed by atoms with Gasteiger partial charge in [-0.1, -0.05) is 6.92 Å². The van der Waals surface area contributed by atoms with Crippen LogP contribution in [0.15, 0.2) is 6.20 Å². The normalized spacial score (nSPS) is 12.0. The summed E-state index contributed by atoms with van der Waals surface area (Å²) < 4.78 is 41.7. The van der Waals surface area contributed by atoms with E-state index >= 15 is 0 Å². The molecule has 0 spiro atoms. The van der Waals surface area contributed by atoms with E-state index in [0.717, 1.165) is 6.42 Å². The lowest BCUT2D eigenvalue weighted by Gasteiger charge is -2.05. The van der Waals surface area contributed by atoms with Crippen molar-refractivity contribution in [3.63, 3.8) is 0 Å². The fourth-order valence-electron chi connectivity index (χ4n) is 2.10. The van der Waals surface area contributed by atoms with Crippen molar-refractivity contribution < 1.29 is 18.3 Å². The summed E-state index contributed by atoms with van der Waals surface area (Å²) in [4.78, 5) is 0. The van der Waals surface area contributed by atoms with Crippen molar-refractivity contribution in [2.24, 2.45) is 0 Å². The van der Waals surface area contributed by atoms with Gasteiger partial charge in [-0.25, -0.2) is 4.68 Å². The summed E-state index contributed by atoms with van der Waals surface area (Å²) in [7, 11) is 0. The zero-order chi connectivity index (χ0) is 16.2. The number of aryl methyl sites for hydroxylation is 2. The van der Waals surface area contributed by atoms with Crippen LogP contribution in [0, 0.1) is 0 Å². The van der Waals surface area contributed by atoms with E-state index < -0.39 is 11.9 Å². The number of alkyl halides is 3. The molecule has 10 heteroatoms. The molecule has 0 fully saturated rings. The van der Waals surface area contributed by atoms with Crippen LogP contribution in [-0.2, 0) is 25.7 Å². The molecular formula is C12H17F3N6O. The van der Waals surface area contributed by atoms with E-state index in [-0.39, 0.29) is 31.6 Å². The Balaban J connectivity index is 2.24. The van der Waals surface area contributed by atoms with Crippen LogP contribution in [0.4, 0.5) is 13.2 Å². The Bertz CT molecular complexity index is 606. The Hall–Kier alpha value is -1.97. The first-order valence-electron chi connectivity index (χ1n) is 6.95. The van der Waals surface area contributed by atoms with Gasteiger partial charge in [0.05, 0.1) is 0 Å². The van der Waals surface area contributed by atoms with Crippen molar-refractivity contribution in [2.75, 3.05) is 6.61 Å². The highest BCUT2D eigenvalue weighted by Crippen LogP contribution is 2.31. The van der Waals surface area contributed by atoms with Crippen molar-refractivity contribution in [1.82, 2.24) is 30.0 Å². The minimum Gasteiger partial charge on any atom is -0.396 e. The van der Waals surface area contributed by atoms with E-state index in [9.17, 15) is 13.2 Å². The molecule has 0 unspecified atom stereocenters. The van der Waals surface area contributed by atoms with Crippen molar-refractivity contribution in [2.45, 2.75) is 45.5 Å². The maximum absolute atomic E-state index is 13.0. The number of halogens is 3. The zero-order valence-corrected chi connectivity index (χ0v) is 12.1. The van der Waals surface area contributed by atoms with E-state index in [1.807, 2.05) is 6.92 Å². The molecule has 0 radical (unpaired) electrons. The lowest BCUT2D eigenvalue weighted by atomic mass is 10.1. The van der Waals surface area contributed by atoms with Crippen LogP contribution in [-0.4, -0.2) is 41.7 Å². The van der Waals surface area contributed by atoms with Crippen LogP contribution >= 0.6 is 0 Å². The van der Waals surface area contributed by atoms with Crippen LogP contribution in [0.1, 0.15) is 36.8 Å². The smallest absolute Gasteiger partial charge is 0.396 e. The van der Waals surface area contributed by atoms with Crippen molar-refractivity contribution >= 4 is 0 Å². The summed E-state index contributed by atoms with van der Waals surface area (Å²) in [5.41, 5.74) is -0.855. The summed E-state index contributed by atoms with van der Waals surface area (Å²) in [6.45, 7) is 2.44. The van der Waals surface area contributed by atoms with Crippen LogP contribution < -0.4 is 0 Å². The Morgan fingerprint density at radius 2 is 2.09 bits per heavy atom. The number of rotatable bonds is 7. The summed E-state index contributed by atoms with van der Waals surface area (Å²) in [5.74, 6) is 0.451. The summed E-state index contributed by atoms with van der Waals surface area (Å²) in [6, 6.07) is 0. The van der Waals surface area contributed by atoms with Gasteiger partial charge in [-0.05, 0) is 29.7 Å². The molecule has 0 saturated carbocycles. The van der Waals surface area contributed by atoms with Gasteiger partial charge < -0.3 is 5.11 Å². The molecule has 0 saturated heterocycles. The predicted molar refractivity (Wildman–Crippen MR) is 69.8 cm³/mol. The van der Waals surface area contributed by atoms with Crippen molar-refractivity contribution in [3.8, 4) is 0 Å². The topological polar surface area (TPSA) is 81.7 Å². The van der Waals surface area contributed by atoms with Crippen molar-refractivity contribution in [1.29, 1.82) is 0 Å². The lowest BCUT2D eigenvalue weighted by molar-refractivity contribution is -0.142. The third-order valence-corrected chi connectivity index (χ3v) is 3.06. The zero-order valence-electron chi connectivity index (χ0n) is 12.1. The highest BCUT2D eigenvalue weighted by atomic mass is 19.4. The number of aliphatic hydroxyl groups is 1. The van der Waals surface area contributed by atoms with Crippen LogP contribution in [0.25, 0.3) is 0 Å². The number of aromatic nitrogens is 6. The van der Waals surface area contributed by atoms with Gasteiger partial charge in [0.15, 0.2) is 11.5 Å². The van der Waals surface area contributed by atoms with E-state index in [1.165, 1.54) is 10.9 Å². The Morgan fingerprint density at radius 3 is 2.73 bits per heavy atom. The van der Waals surface area contributed by atoms with Gasteiger partial charge in [0.2, 0.25) is 0 Å². The fraction of sp³-hybridized carbons (Fsp3) is 0.667. The highest BCUT2D eigenvalue weighted by Gasteiger charge is 2.36. The Kier molecular flexibility index (Phi) is 5.11. The van der Waals surface area contributed by atoms with Crippen molar-refractivity contribution in [3.05, 3.63) is 23.3 Å². The third kappa shape index (κ3) is 3.81. The summed E-state index contributed by atoms with van der Waals surface area (Å²) in [6.07, 6.45) is -2.00. The van der Waals surface area contributed by atoms with Gasteiger partial charge in [0.25, 0.3) is 0 Å². The Labute approximate surface area is 124 Å². The molecule has 0 bridgehead atoms. The van der Waals surface area contributed by atoms with Crippen LogP contribution in [0.2, 0.25) is 0 Å². The van der Waals surface area contributed by atoms with Gasteiger partial charge in [-0.3, -0.25) is 4.68 Å². The van der Waals surface area contributed by atoms with E-state index in [1.54, 1.807) is 4.68 Å². The molecule has 0 aliphatic carbocycles. The monoisotopic (exact) mass is 318 g/mol. The number of hydrogen-bond donors (Lipinski definition) is 1. The standard InChI is InChI=1S/C12H17F3N6O/c1-2-5-21-10(16-18-19-21)8-20-7-9(4-3-6-22)11(17-20)12(13,14)15/h7,22H,2-6,8H2,1H3. The molecule has 2 aromatic rings. The molecule has 0 aliphatic heterocycles. The highest BCUT2D eigenvalue weighted by molar-refractivity contribution is 5.20. The molecule has 0 atom stereocenters. The SMILES string of the molecule is CCCn1nnnc1Cn1cc(CCCO)c(C(F)(F)F)n1. The van der Waals surface area contributed by atoms with E-state index in [4.69, 9.17) is 5.11 Å². The molecule has 0 aromatic carbocycles. The fourth-order valence-corrected chi connectivity index (χ4v) is 2.10. The van der Waals surface area contributed by atoms with Crippen LogP contribution in [0.3, 0.4) is 0 Å². The third-order valence-electron chi connectivity index (χ3n) is 3.06. The molecule has 22 heavy (non-hydrogen) atoms. The van der Waals surface area contributed by atoms with Gasteiger partial charge in [-0.15, -0.1) is 5.10 Å². The van der Waals surface area contributed by atoms with E-state index in [0.29, 0.717) is 12.4 Å². The molecule has 122 valence electrons. The summed E-state index contributed by atoms with van der Waals surface area (Å²) in [5, 5.41) is 23.5. The number of hydrogen-bond acceptors (Lipinski definition) is 5. The largest absolute Gasteiger partial charge is 0.435 e. The molecule has 2 rings (SSSR count). The first-order valence-corrected chi connectivity index (χ1v) is 6.95. The lowest BCUT2D eigenvalue weighted by Crippen LogP contribution is -2.13. The summed E-state index contributed by atoms with van der Waals surface area (Å²) >= 11 is 0. The molecule has 1 N–H and O–H groups in total. The predicted octanol–water partition coefficient (Wildman–Crippen LogP) is 1.27. The van der Waals surface area contributed by atoms with Gasteiger partial charge in [0.1, 0.15) is 6.54 Å². The number of nitrogens with zero attached hydrogens (tertiary/aromatic N) is 6. The number of tetrazole rings is 1. The number of aliphatic hydroxyl groups excluding tert-OH is 1. The average Bonchev–Trinajstić information content (AvgIpc) is 3.04. The molecule has 0 aliphatic rings. The Morgan fingerprint density at radius 1 is 1.32 bits per heavy atom. The maximum atomic E-state index is 13.0. The molecule has 2 heterocycles. The van der Waals surface area contributed by atoms with Gasteiger partial charge in [-0.2, -0.15) is 18.3 Å². The second kappa shape index (κ2) is 6.86. The van der Waals surface area contributed by atoms with Gasteiger partial charge >= 0.3 is 6.18 Å². The first-order chi connectivity index (χ1) is 10.5.